The molecular weight excluding hydrogens is 486 g/mol. The number of hydrogen-bond donors (Lipinski definition) is 1. The Morgan fingerprint density at radius 3 is 2.50 bits per heavy atom. The first-order valence-corrected chi connectivity index (χ1v) is 13.3. The zero-order chi connectivity index (χ0) is 26.7. The van der Waals surface area contributed by atoms with Crippen LogP contribution in [0, 0.1) is 6.92 Å². The van der Waals surface area contributed by atoms with E-state index in [0.717, 1.165) is 5.56 Å². The number of ether oxygens (including phenoxy) is 2. The van der Waals surface area contributed by atoms with Gasteiger partial charge in [0.1, 0.15) is 23.1 Å². The van der Waals surface area contributed by atoms with E-state index in [2.05, 4.69) is 9.71 Å². The highest BCUT2D eigenvalue weighted by Gasteiger charge is 2.40. The van der Waals surface area contributed by atoms with Crippen LogP contribution in [0.2, 0.25) is 0 Å². The normalized spacial score (nSPS) is 14.8. The summed E-state index contributed by atoms with van der Waals surface area (Å²) in [6.07, 6.45) is 2.35. The molecule has 0 saturated heterocycles. The maximum absolute atomic E-state index is 13.6. The number of sulfonamides is 1. The molecule has 1 N–H and O–H groups in total. The predicted molar refractivity (Wildman–Crippen MR) is 132 cm³/mol. The number of rotatable bonds is 10. The highest BCUT2D eigenvalue weighted by molar-refractivity contribution is 7.89. The molecule has 1 aliphatic carbocycles. The van der Waals surface area contributed by atoms with Crippen LogP contribution in [0.1, 0.15) is 52.5 Å². The molecule has 36 heavy (non-hydrogen) atoms. The van der Waals surface area contributed by atoms with Crippen LogP contribution in [0.5, 0.6) is 0 Å². The first kappa shape index (κ1) is 27.5. The molecular formula is C25H33N3O7S. The number of amides is 1. The van der Waals surface area contributed by atoms with Crippen molar-refractivity contribution in [3.63, 3.8) is 0 Å². The van der Waals surface area contributed by atoms with Gasteiger partial charge in [0.2, 0.25) is 15.9 Å². The molecule has 1 fully saturated rings. The van der Waals surface area contributed by atoms with Crippen LogP contribution in [-0.2, 0) is 33.9 Å². The van der Waals surface area contributed by atoms with Crippen molar-refractivity contribution in [1.82, 2.24) is 14.6 Å². The summed E-state index contributed by atoms with van der Waals surface area (Å²) in [6.45, 7) is 8.33. The summed E-state index contributed by atoms with van der Waals surface area (Å²) < 4.78 is 39.7. The fourth-order valence-corrected chi connectivity index (χ4v) is 5.13. The van der Waals surface area contributed by atoms with Crippen LogP contribution in [0.4, 0.5) is 0 Å². The fourth-order valence-electron chi connectivity index (χ4n) is 3.76. The Labute approximate surface area is 211 Å². The third-order valence-corrected chi connectivity index (χ3v) is 6.87. The SMILES string of the molecule is CCOC(=O)CN(C(=O)[C@H](CC(=O)OC(C)(C)C)NS(=O)(=O)c1cccc2cc(C)cnc12)C1CC1. The van der Waals surface area contributed by atoms with Crippen molar-refractivity contribution < 1.29 is 32.3 Å². The molecule has 0 unspecified atom stereocenters. The topological polar surface area (TPSA) is 132 Å². The second-order valence-electron chi connectivity index (χ2n) is 9.81. The van der Waals surface area contributed by atoms with E-state index in [1.807, 2.05) is 6.92 Å². The van der Waals surface area contributed by atoms with Crippen LogP contribution in [0.3, 0.4) is 0 Å². The van der Waals surface area contributed by atoms with Crippen molar-refractivity contribution in [3.05, 3.63) is 36.0 Å². The largest absolute Gasteiger partial charge is 0.465 e. The summed E-state index contributed by atoms with van der Waals surface area (Å²) in [7, 11) is -4.29. The minimum absolute atomic E-state index is 0.120. The minimum atomic E-state index is -4.29. The van der Waals surface area contributed by atoms with E-state index in [9.17, 15) is 22.8 Å². The predicted octanol–water partition coefficient (Wildman–Crippen LogP) is 2.48. The average Bonchev–Trinajstić information content (AvgIpc) is 3.60. The van der Waals surface area contributed by atoms with Gasteiger partial charge in [0, 0.05) is 17.6 Å². The van der Waals surface area contributed by atoms with Gasteiger partial charge in [-0.3, -0.25) is 19.4 Å². The monoisotopic (exact) mass is 519 g/mol. The number of nitrogens with zero attached hydrogens (tertiary/aromatic N) is 2. The number of esters is 2. The third-order valence-electron chi connectivity index (χ3n) is 5.36. The summed E-state index contributed by atoms with van der Waals surface area (Å²) in [6, 6.07) is 4.81. The maximum Gasteiger partial charge on any atom is 0.325 e. The van der Waals surface area contributed by atoms with Crippen LogP contribution in [0.25, 0.3) is 10.9 Å². The van der Waals surface area contributed by atoms with Gasteiger partial charge in [0.05, 0.1) is 18.5 Å². The first-order valence-electron chi connectivity index (χ1n) is 11.9. The number of pyridine rings is 1. The lowest BCUT2D eigenvalue weighted by molar-refractivity contribution is -0.157. The number of fused-ring (bicyclic) bond motifs is 1. The van der Waals surface area contributed by atoms with Gasteiger partial charge in [0.15, 0.2) is 0 Å². The summed E-state index contributed by atoms with van der Waals surface area (Å²) in [4.78, 5) is 43.8. The molecule has 1 aliphatic rings. The molecule has 2 aromatic rings. The Balaban J connectivity index is 1.95. The molecule has 196 valence electrons. The number of para-hydroxylation sites is 1. The first-order chi connectivity index (χ1) is 16.8. The number of hydrogen-bond acceptors (Lipinski definition) is 8. The molecule has 0 bridgehead atoms. The van der Waals surface area contributed by atoms with Crippen molar-refractivity contribution in [2.45, 2.75) is 76.5 Å². The van der Waals surface area contributed by atoms with E-state index in [0.29, 0.717) is 18.2 Å². The molecule has 1 heterocycles. The maximum atomic E-state index is 13.6. The number of benzene rings is 1. The molecule has 1 amide bonds. The lowest BCUT2D eigenvalue weighted by Crippen LogP contribution is -2.52. The van der Waals surface area contributed by atoms with Gasteiger partial charge < -0.3 is 14.4 Å². The molecule has 11 heteroatoms. The van der Waals surface area contributed by atoms with Gasteiger partial charge >= 0.3 is 11.9 Å². The quantitative estimate of drug-likeness (QED) is 0.474. The molecule has 10 nitrogen and oxygen atoms in total. The molecule has 0 aliphatic heterocycles. The van der Waals surface area contributed by atoms with E-state index >= 15 is 0 Å². The van der Waals surface area contributed by atoms with Crippen LogP contribution in [-0.4, -0.2) is 67.0 Å². The van der Waals surface area contributed by atoms with E-state index in [1.54, 1.807) is 52.1 Å². The van der Waals surface area contributed by atoms with E-state index in [1.165, 1.54) is 11.0 Å². The molecule has 0 spiro atoms. The van der Waals surface area contributed by atoms with Gasteiger partial charge in [-0.2, -0.15) is 4.72 Å². The molecule has 1 aromatic heterocycles. The smallest absolute Gasteiger partial charge is 0.325 e. The standard InChI is InChI=1S/C25H33N3O7S/c1-6-34-22(30)15-28(18-10-11-18)24(31)19(13-21(29)35-25(3,4)5)27-36(32,33)20-9-7-8-17-12-16(2)14-26-23(17)20/h7-9,12,14,18-19,27H,6,10-11,13,15H2,1-5H3/t19-/m0/s1. The van der Waals surface area contributed by atoms with Crippen molar-refractivity contribution in [1.29, 1.82) is 0 Å². The molecule has 1 atom stereocenters. The average molecular weight is 520 g/mol. The van der Waals surface area contributed by atoms with Crippen molar-refractivity contribution in [2.24, 2.45) is 0 Å². The summed E-state index contributed by atoms with van der Waals surface area (Å²) in [5.74, 6) is -2.05. The minimum Gasteiger partial charge on any atom is -0.465 e. The Hall–Kier alpha value is -3.05. The zero-order valence-corrected chi connectivity index (χ0v) is 22.1. The molecule has 1 saturated carbocycles. The molecule has 1 aromatic carbocycles. The Kier molecular flexibility index (Phi) is 8.35. The van der Waals surface area contributed by atoms with E-state index in [4.69, 9.17) is 9.47 Å². The summed E-state index contributed by atoms with van der Waals surface area (Å²) in [5, 5.41) is 0.620. The fraction of sp³-hybridized carbons (Fsp3) is 0.520. The summed E-state index contributed by atoms with van der Waals surface area (Å²) in [5.41, 5.74) is 0.272. The van der Waals surface area contributed by atoms with Gasteiger partial charge in [-0.15, -0.1) is 0 Å². The van der Waals surface area contributed by atoms with E-state index in [-0.39, 0.29) is 29.6 Å². The van der Waals surface area contributed by atoms with Gasteiger partial charge in [-0.05, 0) is 65.2 Å². The number of aromatic nitrogens is 1. The highest BCUT2D eigenvalue weighted by Crippen LogP contribution is 2.28. The lowest BCUT2D eigenvalue weighted by atomic mass is 10.1. The number of aryl methyl sites for hydroxylation is 1. The van der Waals surface area contributed by atoms with Crippen LogP contribution in [0.15, 0.2) is 35.4 Å². The van der Waals surface area contributed by atoms with Crippen LogP contribution < -0.4 is 4.72 Å². The van der Waals surface area contributed by atoms with E-state index < -0.39 is 45.9 Å². The Morgan fingerprint density at radius 2 is 1.89 bits per heavy atom. The number of nitrogens with one attached hydrogen (secondary N) is 1. The molecule has 3 rings (SSSR count). The lowest BCUT2D eigenvalue weighted by Gasteiger charge is -2.28. The Bertz CT molecular complexity index is 1250. The van der Waals surface area contributed by atoms with Crippen molar-refractivity contribution in [2.75, 3.05) is 13.2 Å². The summed E-state index contributed by atoms with van der Waals surface area (Å²) >= 11 is 0. The van der Waals surface area contributed by atoms with Crippen molar-refractivity contribution in [3.8, 4) is 0 Å². The Morgan fingerprint density at radius 1 is 1.19 bits per heavy atom. The van der Waals surface area contributed by atoms with Gasteiger partial charge in [0.25, 0.3) is 0 Å². The second-order valence-corrected chi connectivity index (χ2v) is 11.5. The van der Waals surface area contributed by atoms with Crippen molar-refractivity contribution >= 4 is 38.8 Å². The van der Waals surface area contributed by atoms with Gasteiger partial charge in [-0.25, -0.2) is 8.42 Å². The third kappa shape index (κ3) is 7.23. The van der Waals surface area contributed by atoms with Gasteiger partial charge in [-0.1, -0.05) is 12.1 Å². The number of carbonyl (C=O) groups is 3. The second kappa shape index (κ2) is 10.9. The highest BCUT2D eigenvalue weighted by atomic mass is 32.2. The number of carbonyl (C=O) groups excluding carboxylic acids is 3. The van der Waals surface area contributed by atoms with Crippen LogP contribution >= 0.6 is 0 Å². The zero-order valence-electron chi connectivity index (χ0n) is 21.2. The molecule has 0 radical (unpaired) electrons.